The second kappa shape index (κ2) is 9.50. The van der Waals surface area contributed by atoms with Gasteiger partial charge in [-0.05, 0) is 57.0 Å². The van der Waals surface area contributed by atoms with Crippen LogP contribution < -0.4 is 33.2 Å². The third-order valence-electron chi connectivity index (χ3n) is 5.67. The number of carbonyl (C=O) groups is 2. The summed E-state index contributed by atoms with van der Waals surface area (Å²) in [7, 11) is 0. The SMILES string of the molecule is CC(C)Oc1cc(C(N)=O)cc2nc(N)n(CCCCn3c(N)nc4cc(C(=O)NN)ccc43)c12. The number of benzene rings is 2. The Labute approximate surface area is 201 Å². The number of imidazole rings is 2. The number of ether oxygens (including phenoxy) is 1. The van der Waals surface area contributed by atoms with Crippen LogP contribution in [0.2, 0.25) is 0 Å². The lowest BCUT2D eigenvalue weighted by Gasteiger charge is -2.14. The molecule has 2 aromatic carbocycles. The number of anilines is 2. The molecule has 0 fully saturated rings. The van der Waals surface area contributed by atoms with Crippen molar-refractivity contribution in [2.45, 2.75) is 45.9 Å². The fourth-order valence-corrected chi connectivity index (χ4v) is 4.11. The van der Waals surface area contributed by atoms with Gasteiger partial charge in [-0.15, -0.1) is 0 Å². The van der Waals surface area contributed by atoms with Crippen LogP contribution in [-0.4, -0.2) is 37.0 Å². The molecule has 9 N–H and O–H groups in total. The first-order valence-electron chi connectivity index (χ1n) is 11.2. The minimum absolute atomic E-state index is 0.111. The molecular formula is C23H29N9O3. The van der Waals surface area contributed by atoms with E-state index >= 15 is 0 Å². The van der Waals surface area contributed by atoms with Crippen LogP contribution in [0.1, 0.15) is 47.4 Å². The number of nitrogens with one attached hydrogen (secondary N) is 1. The molecule has 0 bridgehead atoms. The molecule has 184 valence electrons. The average Bonchev–Trinajstić information content (AvgIpc) is 3.30. The Kier molecular flexibility index (Phi) is 6.47. The van der Waals surface area contributed by atoms with E-state index in [2.05, 4.69) is 15.4 Å². The van der Waals surface area contributed by atoms with Gasteiger partial charge in [-0.25, -0.2) is 15.8 Å². The number of primary amides is 1. The molecule has 0 atom stereocenters. The van der Waals surface area contributed by atoms with E-state index in [1.807, 2.05) is 23.0 Å². The Balaban J connectivity index is 1.53. The van der Waals surface area contributed by atoms with Gasteiger partial charge in [0, 0.05) is 24.2 Å². The monoisotopic (exact) mass is 479 g/mol. The predicted molar refractivity (Wildman–Crippen MR) is 133 cm³/mol. The highest BCUT2D eigenvalue weighted by Crippen LogP contribution is 2.31. The molecule has 2 aromatic heterocycles. The van der Waals surface area contributed by atoms with E-state index in [9.17, 15) is 9.59 Å². The first-order chi connectivity index (χ1) is 16.7. The summed E-state index contributed by atoms with van der Waals surface area (Å²) in [5, 5.41) is 0. The zero-order valence-electron chi connectivity index (χ0n) is 19.6. The zero-order valence-corrected chi connectivity index (χ0v) is 19.6. The van der Waals surface area contributed by atoms with Gasteiger partial charge in [0.15, 0.2) is 0 Å². The molecule has 12 heteroatoms. The topological polar surface area (TPSA) is 195 Å². The number of hydrogen-bond acceptors (Lipinski definition) is 8. The van der Waals surface area contributed by atoms with Crippen molar-refractivity contribution in [3.63, 3.8) is 0 Å². The van der Waals surface area contributed by atoms with Crippen molar-refractivity contribution in [1.82, 2.24) is 24.5 Å². The minimum atomic E-state index is -0.561. The Morgan fingerprint density at radius 1 is 0.971 bits per heavy atom. The van der Waals surface area contributed by atoms with Crippen molar-refractivity contribution >= 4 is 45.8 Å². The van der Waals surface area contributed by atoms with Gasteiger partial charge in [0.1, 0.15) is 11.3 Å². The standard InChI is InChI=1S/C23H29N9O3/c1-12(2)35-18-11-14(20(24)33)10-16-19(18)32(23(26)29-16)8-4-3-7-31-17-6-5-13(21(34)30-27)9-15(17)28-22(31)25/h5-6,9-12H,3-4,7-8,27H2,1-2H3,(H2,24,33)(H2,25,28)(H2,26,29)(H,30,34). The maximum absolute atomic E-state index is 11.8. The van der Waals surface area contributed by atoms with Crippen LogP contribution in [-0.2, 0) is 13.1 Å². The predicted octanol–water partition coefficient (Wildman–Crippen LogP) is 1.52. The summed E-state index contributed by atoms with van der Waals surface area (Å²) < 4.78 is 9.73. The van der Waals surface area contributed by atoms with Gasteiger partial charge < -0.3 is 31.1 Å². The second-order valence-electron chi connectivity index (χ2n) is 8.50. The third kappa shape index (κ3) is 4.68. The van der Waals surface area contributed by atoms with Gasteiger partial charge >= 0.3 is 0 Å². The van der Waals surface area contributed by atoms with E-state index in [4.69, 9.17) is 27.8 Å². The lowest BCUT2D eigenvalue weighted by molar-refractivity contribution is 0.0952. The van der Waals surface area contributed by atoms with Crippen LogP contribution in [0, 0.1) is 0 Å². The maximum Gasteiger partial charge on any atom is 0.265 e. The fourth-order valence-electron chi connectivity index (χ4n) is 4.11. The molecule has 35 heavy (non-hydrogen) atoms. The number of hydrogen-bond donors (Lipinski definition) is 5. The summed E-state index contributed by atoms with van der Waals surface area (Å²) in [6, 6.07) is 8.38. The van der Waals surface area contributed by atoms with Crippen LogP contribution >= 0.6 is 0 Å². The van der Waals surface area contributed by atoms with Crippen LogP contribution in [0.25, 0.3) is 22.1 Å². The molecule has 0 unspecified atom stereocenters. The highest BCUT2D eigenvalue weighted by molar-refractivity contribution is 5.99. The highest BCUT2D eigenvalue weighted by Gasteiger charge is 2.18. The Bertz CT molecular complexity index is 1420. The maximum atomic E-state index is 11.8. The second-order valence-corrected chi connectivity index (χ2v) is 8.50. The lowest BCUT2D eigenvalue weighted by atomic mass is 10.1. The number of nitrogen functional groups attached to an aromatic ring is 3. The molecule has 0 radical (unpaired) electrons. The molecule has 2 amide bonds. The number of aryl methyl sites for hydroxylation is 2. The number of carbonyl (C=O) groups excluding carboxylic acids is 2. The molecule has 0 saturated heterocycles. The number of unbranched alkanes of at least 4 members (excludes halogenated alkanes) is 1. The van der Waals surface area contributed by atoms with Crippen molar-refractivity contribution in [2.75, 3.05) is 11.5 Å². The van der Waals surface area contributed by atoms with Crippen molar-refractivity contribution in [2.24, 2.45) is 11.6 Å². The molecule has 0 saturated carbocycles. The molecule has 0 spiro atoms. The van der Waals surface area contributed by atoms with Crippen LogP contribution in [0.3, 0.4) is 0 Å². The minimum Gasteiger partial charge on any atom is -0.489 e. The molecule has 4 rings (SSSR count). The van der Waals surface area contributed by atoms with E-state index < -0.39 is 11.8 Å². The third-order valence-corrected chi connectivity index (χ3v) is 5.67. The quantitative estimate of drug-likeness (QED) is 0.103. The number of hydrazine groups is 1. The van der Waals surface area contributed by atoms with E-state index in [0.717, 1.165) is 23.9 Å². The van der Waals surface area contributed by atoms with Crippen molar-refractivity contribution in [3.05, 3.63) is 41.5 Å². The first kappa shape index (κ1) is 23.8. The van der Waals surface area contributed by atoms with Gasteiger partial charge in [0.25, 0.3) is 5.91 Å². The zero-order chi connectivity index (χ0) is 25.3. The molecule has 12 nitrogen and oxygen atoms in total. The highest BCUT2D eigenvalue weighted by atomic mass is 16.5. The van der Waals surface area contributed by atoms with Crippen LogP contribution in [0.4, 0.5) is 11.9 Å². The van der Waals surface area contributed by atoms with Gasteiger partial charge in [0.2, 0.25) is 17.8 Å². The molecular weight excluding hydrogens is 450 g/mol. The van der Waals surface area contributed by atoms with E-state index in [-0.39, 0.29) is 6.10 Å². The summed E-state index contributed by atoms with van der Waals surface area (Å²) in [5.41, 5.74) is 23.4. The summed E-state index contributed by atoms with van der Waals surface area (Å²) in [6.07, 6.45) is 1.43. The lowest BCUT2D eigenvalue weighted by Crippen LogP contribution is -2.29. The number of aromatic nitrogens is 4. The van der Waals surface area contributed by atoms with Crippen molar-refractivity contribution in [1.29, 1.82) is 0 Å². The van der Waals surface area contributed by atoms with Crippen molar-refractivity contribution < 1.29 is 14.3 Å². The van der Waals surface area contributed by atoms with E-state index in [1.54, 1.807) is 30.3 Å². The smallest absolute Gasteiger partial charge is 0.265 e. The molecule has 0 aliphatic carbocycles. The van der Waals surface area contributed by atoms with Gasteiger partial charge in [-0.2, -0.15) is 0 Å². The number of nitrogens with two attached hydrogens (primary N) is 4. The van der Waals surface area contributed by atoms with Gasteiger partial charge in [-0.1, -0.05) is 0 Å². The molecule has 4 aromatic rings. The Morgan fingerprint density at radius 2 is 1.60 bits per heavy atom. The van der Waals surface area contributed by atoms with E-state index in [1.165, 1.54) is 0 Å². The molecule has 0 aliphatic heterocycles. The van der Waals surface area contributed by atoms with Gasteiger partial charge in [0.05, 0.1) is 22.7 Å². The fraction of sp³-hybridized carbons (Fsp3) is 0.304. The average molecular weight is 480 g/mol. The summed E-state index contributed by atoms with van der Waals surface area (Å²) in [4.78, 5) is 32.3. The Morgan fingerprint density at radius 3 is 2.26 bits per heavy atom. The normalized spacial score (nSPS) is 11.4. The van der Waals surface area contributed by atoms with Gasteiger partial charge in [-0.3, -0.25) is 15.0 Å². The first-order valence-corrected chi connectivity index (χ1v) is 11.2. The molecule has 2 heterocycles. The number of fused-ring (bicyclic) bond motifs is 2. The van der Waals surface area contributed by atoms with Crippen molar-refractivity contribution in [3.8, 4) is 5.75 Å². The largest absolute Gasteiger partial charge is 0.489 e. The Hall–Kier alpha value is -4.32. The number of amides is 2. The summed E-state index contributed by atoms with van der Waals surface area (Å²) in [5.74, 6) is 5.46. The van der Waals surface area contributed by atoms with Crippen LogP contribution in [0.15, 0.2) is 30.3 Å². The summed E-state index contributed by atoms with van der Waals surface area (Å²) in [6.45, 7) is 5.01. The number of rotatable bonds is 9. The van der Waals surface area contributed by atoms with Crippen LogP contribution in [0.5, 0.6) is 5.75 Å². The summed E-state index contributed by atoms with van der Waals surface area (Å²) >= 11 is 0. The van der Waals surface area contributed by atoms with E-state index in [0.29, 0.717) is 52.9 Å². The molecule has 0 aliphatic rings. The number of nitrogens with zero attached hydrogens (tertiary/aromatic N) is 4.